The van der Waals surface area contributed by atoms with Gasteiger partial charge in [-0.05, 0) is 31.9 Å². The van der Waals surface area contributed by atoms with Crippen molar-refractivity contribution in [3.8, 4) is 0 Å². The van der Waals surface area contributed by atoms with Crippen molar-refractivity contribution in [2.45, 2.75) is 39.7 Å². The molecular weight excluding hydrogens is 214 g/mol. The molecule has 0 spiro atoms. The predicted octanol–water partition coefficient (Wildman–Crippen LogP) is 3.07. The van der Waals surface area contributed by atoms with Crippen LogP contribution in [0.2, 0.25) is 0 Å². The first kappa shape index (κ1) is 13.6. The second-order valence-electron chi connectivity index (χ2n) is 4.38. The summed E-state index contributed by atoms with van der Waals surface area (Å²) in [5.41, 5.74) is 2.33. The van der Waals surface area contributed by atoms with Crippen LogP contribution in [0.4, 0.5) is 5.69 Å². The van der Waals surface area contributed by atoms with Gasteiger partial charge in [0.15, 0.2) is 0 Å². The Morgan fingerprint density at radius 1 is 1.41 bits per heavy atom. The van der Waals surface area contributed by atoms with Crippen LogP contribution in [0.15, 0.2) is 24.3 Å². The molecular formula is C14H21NO2. The Morgan fingerprint density at radius 2 is 2.06 bits per heavy atom. The van der Waals surface area contributed by atoms with E-state index in [2.05, 4.69) is 37.8 Å². The molecule has 0 heterocycles. The molecule has 1 N–H and O–H groups in total. The number of para-hydroxylation sites is 1. The zero-order valence-electron chi connectivity index (χ0n) is 10.8. The van der Waals surface area contributed by atoms with E-state index in [0.717, 1.165) is 12.1 Å². The second kappa shape index (κ2) is 6.28. The first-order chi connectivity index (χ1) is 8.06. The molecule has 0 amide bonds. The summed E-state index contributed by atoms with van der Waals surface area (Å²) in [6.45, 7) is 6.88. The number of carboxylic acid groups (broad SMARTS) is 1. The number of benzene rings is 1. The van der Waals surface area contributed by atoms with Gasteiger partial charge in [0.05, 0.1) is 6.42 Å². The largest absolute Gasteiger partial charge is 0.481 e. The fourth-order valence-corrected chi connectivity index (χ4v) is 1.90. The Bertz CT molecular complexity index is 376. The Kier molecular flexibility index (Phi) is 5.01. The van der Waals surface area contributed by atoms with Crippen LogP contribution >= 0.6 is 0 Å². The number of aliphatic carboxylic acids is 1. The van der Waals surface area contributed by atoms with E-state index in [4.69, 9.17) is 5.11 Å². The van der Waals surface area contributed by atoms with Gasteiger partial charge >= 0.3 is 5.97 Å². The highest BCUT2D eigenvalue weighted by molar-refractivity contribution is 5.68. The van der Waals surface area contributed by atoms with Gasteiger partial charge in [0.1, 0.15) is 0 Å². The van der Waals surface area contributed by atoms with Gasteiger partial charge in [0.2, 0.25) is 0 Å². The van der Waals surface area contributed by atoms with Gasteiger partial charge in [-0.2, -0.15) is 0 Å². The molecule has 0 fully saturated rings. The van der Waals surface area contributed by atoms with Crippen LogP contribution in [-0.4, -0.2) is 23.7 Å². The van der Waals surface area contributed by atoms with Crippen LogP contribution in [0.25, 0.3) is 0 Å². The van der Waals surface area contributed by atoms with E-state index in [1.54, 1.807) is 0 Å². The first-order valence-corrected chi connectivity index (χ1v) is 6.10. The maximum Gasteiger partial charge on any atom is 0.305 e. The third kappa shape index (κ3) is 3.77. The number of hydrogen-bond donors (Lipinski definition) is 1. The molecule has 3 nitrogen and oxygen atoms in total. The van der Waals surface area contributed by atoms with Gasteiger partial charge in [-0.25, -0.2) is 0 Å². The number of rotatable bonds is 6. The van der Waals surface area contributed by atoms with Crippen molar-refractivity contribution in [1.29, 1.82) is 0 Å². The number of aryl methyl sites for hydroxylation is 1. The Hall–Kier alpha value is -1.51. The lowest BCUT2D eigenvalue weighted by molar-refractivity contribution is -0.136. The minimum atomic E-state index is -0.744. The van der Waals surface area contributed by atoms with Crippen LogP contribution in [0.5, 0.6) is 0 Å². The van der Waals surface area contributed by atoms with Crippen LogP contribution in [0.1, 0.15) is 32.3 Å². The molecule has 0 saturated carbocycles. The summed E-state index contributed by atoms with van der Waals surface area (Å²) in [7, 11) is 0. The third-order valence-electron chi connectivity index (χ3n) is 3.11. The number of carboxylic acids is 1. The molecule has 3 heteroatoms. The SMILES string of the molecule is CCC(C)N(CCC(=O)O)c1ccccc1C. The number of carbonyl (C=O) groups is 1. The molecule has 1 unspecified atom stereocenters. The minimum Gasteiger partial charge on any atom is -0.481 e. The zero-order chi connectivity index (χ0) is 12.8. The maximum absolute atomic E-state index is 10.7. The van der Waals surface area contributed by atoms with Crippen molar-refractivity contribution in [3.05, 3.63) is 29.8 Å². The summed E-state index contributed by atoms with van der Waals surface area (Å²) in [5, 5.41) is 8.81. The zero-order valence-corrected chi connectivity index (χ0v) is 10.8. The van der Waals surface area contributed by atoms with Gasteiger partial charge in [-0.15, -0.1) is 0 Å². The van der Waals surface area contributed by atoms with Crippen LogP contribution in [-0.2, 0) is 4.79 Å². The van der Waals surface area contributed by atoms with Gasteiger partial charge in [0, 0.05) is 18.3 Å². The lowest BCUT2D eigenvalue weighted by atomic mass is 10.1. The average molecular weight is 235 g/mol. The van der Waals surface area contributed by atoms with E-state index in [1.165, 1.54) is 5.56 Å². The number of nitrogens with zero attached hydrogens (tertiary/aromatic N) is 1. The summed E-state index contributed by atoms with van der Waals surface area (Å²) in [6, 6.07) is 8.48. The van der Waals surface area contributed by atoms with Crippen LogP contribution in [0, 0.1) is 6.92 Å². The fraction of sp³-hybridized carbons (Fsp3) is 0.500. The second-order valence-corrected chi connectivity index (χ2v) is 4.38. The molecule has 94 valence electrons. The van der Waals surface area contributed by atoms with E-state index in [1.807, 2.05) is 12.1 Å². The Balaban J connectivity index is 2.90. The highest BCUT2D eigenvalue weighted by Crippen LogP contribution is 2.22. The number of anilines is 1. The van der Waals surface area contributed by atoms with Crippen LogP contribution < -0.4 is 4.90 Å². The molecule has 1 aromatic rings. The molecule has 0 aliphatic carbocycles. The van der Waals surface area contributed by atoms with Crippen LogP contribution in [0.3, 0.4) is 0 Å². The summed E-state index contributed by atoms with van der Waals surface area (Å²) in [4.78, 5) is 12.9. The van der Waals surface area contributed by atoms with Crippen molar-refractivity contribution >= 4 is 11.7 Å². The summed E-state index contributed by atoms with van der Waals surface area (Å²) in [6.07, 6.45) is 1.19. The molecule has 1 atom stereocenters. The van der Waals surface area contributed by atoms with Crippen molar-refractivity contribution in [3.63, 3.8) is 0 Å². The summed E-state index contributed by atoms with van der Waals surface area (Å²) >= 11 is 0. The average Bonchev–Trinajstić information content (AvgIpc) is 2.30. The molecule has 0 radical (unpaired) electrons. The van der Waals surface area contributed by atoms with E-state index in [0.29, 0.717) is 12.6 Å². The van der Waals surface area contributed by atoms with E-state index in [9.17, 15) is 4.79 Å². The smallest absolute Gasteiger partial charge is 0.305 e. The van der Waals surface area contributed by atoms with E-state index >= 15 is 0 Å². The summed E-state index contributed by atoms with van der Waals surface area (Å²) < 4.78 is 0. The highest BCUT2D eigenvalue weighted by atomic mass is 16.4. The summed E-state index contributed by atoms with van der Waals surface area (Å²) in [5.74, 6) is -0.744. The topological polar surface area (TPSA) is 40.5 Å². The molecule has 0 aromatic heterocycles. The van der Waals surface area contributed by atoms with Crippen molar-refractivity contribution in [2.24, 2.45) is 0 Å². The van der Waals surface area contributed by atoms with Crippen molar-refractivity contribution in [1.82, 2.24) is 0 Å². The maximum atomic E-state index is 10.7. The molecule has 1 rings (SSSR count). The lowest BCUT2D eigenvalue weighted by Crippen LogP contribution is -2.35. The predicted molar refractivity (Wildman–Crippen MR) is 70.5 cm³/mol. The van der Waals surface area contributed by atoms with Gasteiger partial charge < -0.3 is 10.0 Å². The molecule has 1 aromatic carbocycles. The molecule has 0 aliphatic heterocycles. The molecule has 0 aliphatic rings. The molecule has 0 saturated heterocycles. The van der Waals surface area contributed by atoms with Gasteiger partial charge in [-0.1, -0.05) is 25.1 Å². The van der Waals surface area contributed by atoms with Gasteiger partial charge in [-0.3, -0.25) is 4.79 Å². The highest BCUT2D eigenvalue weighted by Gasteiger charge is 2.15. The fourth-order valence-electron chi connectivity index (χ4n) is 1.90. The third-order valence-corrected chi connectivity index (χ3v) is 3.11. The van der Waals surface area contributed by atoms with Crippen molar-refractivity contribution < 1.29 is 9.90 Å². The Labute approximate surface area is 103 Å². The normalized spacial score (nSPS) is 12.2. The molecule has 17 heavy (non-hydrogen) atoms. The monoisotopic (exact) mass is 235 g/mol. The van der Waals surface area contributed by atoms with E-state index < -0.39 is 5.97 Å². The van der Waals surface area contributed by atoms with E-state index in [-0.39, 0.29) is 6.42 Å². The Morgan fingerprint density at radius 3 is 2.59 bits per heavy atom. The molecule has 0 bridgehead atoms. The minimum absolute atomic E-state index is 0.179. The van der Waals surface area contributed by atoms with Gasteiger partial charge in [0.25, 0.3) is 0 Å². The number of hydrogen-bond acceptors (Lipinski definition) is 2. The quantitative estimate of drug-likeness (QED) is 0.823. The first-order valence-electron chi connectivity index (χ1n) is 6.10. The van der Waals surface area contributed by atoms with Crippen molar-refractivity contribution in [2.75, 3.05) is 11.4 Å². The standard InChI is InChI=1S/C14H21NO2/c1-4-12(3)15(10-9-14(16)17)13-8-6-5-7-11(13)2/h5-8,12H,4,9-10H2,1-3H3,(H,16,17). The lowest BCUT2D eigenvalue weighted by Gasteiger charge is -2.31.